The molecule has 0 bridgehead atoms. The zero-order valence-electron chi connectivity index (χ0n) is 9.47. The van der Waals surface area contributed by atoms with Crippen molar-refractivity contribution in [1.29, 1.82) is 0 Å². The molecule has 0 aliphatic rings. The highest BCUT2D eigenvalue weighted by atomic mass is 79.9. The van der Waals surface area contributed by atoms with E-state index in [-0.39, 0.29) is 16.8 Å². The summed E-state index contributed by atoms with van der Waals surface area (Å²) in [4.78, 5) is 11.7. The van der Waals surface area contributed by atoms with Crippen molar-refractivity contribution in [2.24, 2.45) is 0 Å². The summed E-state index contributed by atoms with van der Waals surface area (Å²) in [6.45, 7) is 2.42. The molecule has 1 atom stereocenters. The third kappa shape index (κ3) is 5.04. The van der Waals surface area contributed by atoms with E-state index in [0.717, 1.165) is 12.8 Å². The number of nitrogens with one attached hydrogen (secondary N) is 1. The maximum Gasteiger partial charge on any atom is 0.251 e. The topological polar surface area (TPSA) is 29.1 Å². The number of hydrogen-bond donors (Lipinski definition) is 1. The second-order valence-electron chi connectivity index (χ2n) is 3.75. The normalized spacial score (nSPS) is 12.2. The molecular formula is C12H14BrClFNO. The quantitative estimate of drug-likeness (QED) is 0.822. The molecule has 0 aromatic heterocycles. The van der Waals surface area contributed by atoms with Crippen molar-refractivity contribution in [2.75, 3.05) is 6.54 Å². The lowest BCUT2D eigenvalue weighted by Crippen LogP contribution is -2.29. The zero-order valence-corrected chi connectivity index (χ0v) is 11.8. The predicted octanol–water partition coefficient (Wildman–Crippen LogP) is 3.73. The highest BCUT2D eigenvalue weighted by molar-refractivity contribution is 9.10. The highest BCUT2D eigenvalue weighted by Gasteiger charge is 2.10. The molecule has 5 heteroatoms. The summed E-state index contributed by atoms with van der Waals surface area (Å²) in [5.74, 6) is -0.757. The molecule has 0 radical (unpaired) electrons. The van der Waals surface area contributed by atoms with Crippen LogP contribution >= 0.6 is 27.5 Å². The second kappa shape index (κ2) is 6.97. The average molecular weight is 323 g/mol. The molecule has 1 N–H and O–H groups in total. The van der Waals surface area contributed by atoms with Gasteiger partial charge in [0, 0.05) is 16.6 Å². The average Bonchev–Trinajstić information content (AvgIpc) is 2.25. The molecule has 17 heavy (non-hydrogen) atoms. The Morgan fingerprint density at radius 2 is 2.24 bits per heavy atom. The fraction of sp³-hybridized carbons (Fsp3) is 0.417. The van der Waals surface area contributed by atoms with Crippen LogP contribution in [0.4, 0.5) is 4.39 Å². The number of amides is 1. The molecule has 1 aromatic rings. The van der Waals surface area contributed by atoms with Gasteiger partial charge in [0.2, 0.25) is 0 Å². The molecule has 1 unspecified atom stereocenters. The minimum absolute atomic E-state index is 0.0825. The number of carbonyl (C=O) groups excluding carboxylic acids is 1. The zero-order chi connectivity index (χ0) is 12.8. The van der Waals surface area contributed by atoms with E-state index < -0.39 is 5.82 Å². The SMILES string of the molecule is CCCC(Cl)CNC(=O)c1cc(F)cc(Br)c1. The molecular weight excluding hydrogens is 308 g/mol. The van der Waals surface area contributed by atoms with Crippen LogP contribution in [0.2, 0.25) is 0 Å². The Hall–Kier alpha value is -0.610. The summed E-state index contributed by atoms with van der Waals surface area (Å²) in [5, 5.41) is 2.60. The largest absolute Gasteiger partial charge is 0.351 e. The summed E-state index contributed by atoms with van der Waals surface area (Å²) >= 11 is 9.12. The first-order valence-electron chi connectivity index (χ1n) is 5.41. The van der Waals surface area contributed by atoms with E-state index in [9.17, 15) is 9.18 Å². The minimum Gasteiger partial charge on any atom is -0.351 e. The van der Waals surface area contributed by atoms with Crippen LogP contribution in [0, 0.1) is 5.82 Å². The van der Waals surface area contributed by atoms with Gasteiger partial charge in [0.15, 0.2) is 0 Å². The van der Waals surface area contributed by atoms with E-state index in [2.05, 4.69) is 21.2 Å². The van der Waals surface area contributed by atoms with Crippen molar-refractivity contribution in [2.45, 2.75) is 25.1 Å². The van der Waals surface area contributed by atoms with Crippen LogP contribution in [0.1, 0.15) is 30.1 Å². The third-order valence-electron chi connectivity index (χ3n) is 2.21. The lowest BCUT2D eigenvalue weighted by Gasteiger charge is -2.10. The first kappa shape index (κ1) is 14.5. The molecule has 0 fully saturated rings. The molecule has 1 aromatic carbocycles. The standard InChI is InChI=1S/C12H14BrClFNO/c1-2-3-10(14)7-16-12(17)8-4-9(13)6-11(15)5-8/h4-6,10H,2-3,7H2,1H3,(H,16,17). The van der Waals surface area contributed by atoms with Gasteiger partial charge in [-0.05, 0) is 24.6 Å². The van der Waals surface area contributed by atoms with Gasteiger partial charge in [0.1, 0.15) is 5.82 Å². The van der Waals surface area contributed by atoms with Gasteiger partial charge in [-0.25, -0.2) is 4.39 Å². The Labute approximate surface area is 114 Å². The van der Waals surface area contributed by atoms with Crippen LogP contribution in [0.5, 0.6) is 0 Å². The third-order valence-corrected chi connectivity index (χ3v) is 3.04. The van der Waals surface area contributed by atoms with Crippen molar-refractivity contribution in [1.82, 2.24) is 5.32 Å². The fourth-order valence-electron chi connectivity index (χ4n) is 1.41. The predicted molar refractivity (Wildman–Crippen MR) is 71.0 cm³/mol. The van der Waals surface area contributed by atoms with Gasteiger partial charge in [-0.2, -0.15) is 0 Å². The molecule has 2 nitrogen and oxygen atoms in total. The Bertz CT molecular complexity index is 380. The molecule has 0 saturated heterocycles. The van der Waals surface area contributed by atoms with Gasteiger partial charge in [-0.1, -0.05) is 29.3 Å². The Kier molecular flexibility index (Phi) is 5.92. The van der Waals surface area contributed by atoms with Gasteiger partial charge in [0.05, 0.1) is 5.38 Å². The molecule has 0 saturated carbocycles. The number of benzene rings is 1. The second-order valence-corrected chi connectivity index (χ2v) is 5.29. The van der Waals surface area contributed by atoms with Crippen LogP contribution in [0.25, 0.3) is 0 Å². The Morgan fingerprint density at radius 1 is 1.53 bits per heavy atom. The van der Waals surface area contributed by atoms with E-state index >= 15 is 0 Å². The van der Waals surface area contributed by atoms with Gasteiger partial charge in [-0.15, -0.1) is 11.6 Å². The van der Waals surface area contributed by atoms with Crippen molar-refractivity contribution >= 4 is 33.4 Å². The number of halogens is 3. The fourth-order valence-corrected chi connectivity index (χ4v) is 2.17. The molecule has 1 amide bonds. The lowest BCUT2D eigenvalue weighted by molar-refractivity contribution is 0.0952. The maximum absolute atomic E-state index is 13.1. The minimum atomic E-state index is -0.444. The summed E-state index contributed by atoms with van der Waals surface area (Å²) in [7, 11) is 0. The van der Waals surface area contributed by atoms with E-state index in [1.807, 2.05) is 6.92 Å². The van der Waals surface area contributed by atoms with Crippen molar-refractivity contribution in [3.8, 4) is 0 Å². The first-order valence-corrected chi connectivity index (χ1v) is 6.64. The van der Waals surface area contributed by atoms with Crippen molar-refractivity contribution in [3.63, 3.8) is 0 Å². The molecule has 0 heterocycles. The van der Waals surface area contributed by atoms with Crippen LogP contribution < -0.4 is 5.32 Å². The lowest BCUT2D eigenvalue weighted by atomic mass is 10.2. The Morgan fingerprint density at radius 3 is 2.82 bits per heavy atom. The van der Waals surface area contributed by atoms with Crippen molar-refractivity contribution in [3.05, 3.63) is 34.1 Å². The Balaban J connectivity index is 2.58. The van der Waals surface area contributed by atoms with E-state index in [1.165, 1.54) is 12.1 Å². The van der Waals surface area contributed by atoms with E-state index in [1.54, 1.807) is 6.07 Å². The van der Waals surface area contributed by atoms with Crippen LogP contribution in [0.15, 0.2) is 22.7 Å². The smallest absolute Gasteiger partial charge is 0.251 e. The van der Waals surface area contributed by atoms with E-state index in [0.29, 0.717) is 11.0 Å². The van der Waals surface area contributed by atoms with Gasteiger partial charge < -0.3 is 5.32 Å². The molecule has 1 rings (SSSR count). The number of rotatable bonds is 5. The van der Waals surface area contributed by atoms with Crippen LogP contribution in [-0.2, 0) is 0 Å². The van der Waals surface area contributed by atoms with Crippen LogP contribution in [-0.4, -0.2) is 17.8 Å². The highest BCUT2D eigenvalue weighted by Crippen LogP contribution is 2.15. The van der Waals surface area contributed by atoms with Gasteiger partial charge in [-0.3, -0.25) is 4.79 Å². The summed E-state index contributed by atoms with van der Waals surface area (Å²) in [6.07, 6.45) is 1.81. The van der Waals surface area contributed by atoms with Crippen molar-refractivity contribution < 1.29 is 9.18 Å². The first-order chi connectivity index (χ1) is 8.02. The van der Waals surface area contributed by atoms with Gasteiger partial charge in [0.25, 0.3) is 5.91 Å². The summed E-state index contributed by atoms with van der Waals surface area (Å²) in [5.41, 5.74) is 0.289. The summed E-state index contributed by atoms with van der Waals surface area (Å²) in [6, 6.07) is 4.07. The van der Waals surface area contributed by atoms with E-state index in [4.69, 9.17) is 11.6 Å². The number of alkyl halides is 1. The molecule has 94 valence electrons. The van der Waals surface area contributed by atoms with Crippen LogP contribution in [0.3, 0.4) is 0 Å². The molecule has 0 aliphatic heterocycles. The maximum atomic E-state index is 13.1. The van der Waals surface area contributed by atoms with Gasteiger partial charge >= 0.3 is 0 Å². The molecule has 0 aliphatic carbocycles. The molecule has 0 spiro atoms. The number of carbonyl (C=O) groups is 1. The monoisotopic (exact) mass is 321 g/mol. The number of hydrogen-bond acceptors (Lipinski definition) is 1. The summed E-state index contributed by atoms with van der Waals surface area (Å²) < 4.78 is 13.6.